The molecule has 0 atom stereocenters. The van der Waals surface area contributed by atoms with Gasteiger partial charge in [0.1, 0.15) is 0 Å². The summed E-state index contributed by atoms with van der Waals surface area (Å²) in [5, 5.41) is 11.0. The smallest absolute Gasteiger partial charge is 0.191 e. The fraction of sp³-hybridized carbons (Fsp3) is 0.750. The molecule has 23 heavy (non-hydrogen) atoms. The highest BCUT2D eigenvalue weighted by Crippen LogP contribution is 2.16. The van der Waals surface area contributed by atoms with Crippen molar-refractivity contribution in [2.45, 2.75) is 32.7 Å². The molecule has 2 N–H and O–H groups in total. The van der Waals surface area contributed by atoms with Crippen molar-refractivity contribution in [3.05, 3.63) is 18.0 Å². The van der Waals surface area contributed by atoms with E-state index >= 15 is 0 Å². The van der Waals surface area contributed by atoms with E-state index in [2.05, 4.69) is 32.5 Å². The zero-order valence-corrected chi connectivity index (χ0v) is 16.9. The van der Waals surface area contributed by atoms with Crippen LogP contribution < -0.4 is 10.6 Å². The van der Waals surface area contributed by atoms with Crippen molar-refractivity contribution >= 4 is 29.9 Å². The summed E-state index contributed by atoms with van der Waals surface area (Å²) in [6.45, 7) is 7.72. The molecular weight excluding hydrogens is 403 g/mol. The first-order valence-corrected chi connectivity index (χ1v) is 8.36. The normalized spacial score (nSPS) is 16.9. The predicted octanol–water partition coefficient (Wildman–Crippen LogP) is 1.83. The van der Waals surface area contributed by atoms with Gasteiger partial charge in [-0.05, 0) is 50.9 Å². The van der Waals surface area contributed by atoms with Crippen molar-refractivity contribution in [1.82, 2.24) is 25.3 Å². The standard InChI is InChI=1S/C16H30N6.HI/c1-4-9-22-10-6-14(7-11-22)12-18-16(17-2)19-13-15-5-8-20-21(15)3;/h5,8,14H,4,6-7,9-13H2,1-3H3,(H2,17,18,19);1H. The maximum atomic E-state index is 4.30. The van der Waals surface area contributed by atoms with Gasteiger partial charge in [-0.15, -0.1) is 24.0 Å². The lowest BCUT2D eigenvalue weighted by Gasteiger charge is -2.32. The van der Waals surface area contributed by atoms with Crippen LogP contribution >= 0.6 is 24.0 Å². The SMILES string of the molecule is CCCN1CCC(CNC(=NC)NCc2ccnn2C)CC1.I. The number of aliphatic imine (C=N–C) groups is 1. The molecule has 0 spiro atoms. The maximum absolute atomic E-state index is 4.30. The summed E-state index contributed by atoms with van der Waals surface area (Å²) in [6.07, 6.45) is 5.64. The number of piperidine rings is 1. The van der Waals surface area contributed by atoms with Crippen LogP contribution in [0.5, 0.6) is 0 Å². The van der Waals surface area contributed by atoms with Gasteiger partial charge in [-0.2, -0.15) is 5.10 Å². The minimum atomic E-state index is 0. The minimum absolute atomic E-state index is 0. The van der Waals surface area contributed by atoms with E-state index in [9.17, 15) is 0 Å². The number of likely N-dealkylation sites (tertiary alicyclic amines) is 1. The van der Waals surface area contributed by atoms with E-state index in [0.29, 0.717) is 0 Å². The van der Waals surface area contributed by atoms with Crippen LogP contribution in [0.2, 0.25) is 0 Å². The van der Waals surface area contributed by atoms with Gasteiger partial charge in [0.25, 0.3) is 0 Å². The molecule has 0 saturated carbocycles. The summed E-state index contributed by atoms with van der Waals surface area (Å²) >= 11 is 0. The van der Waals surface area contributed by atoms with Crippen molar-refractivity contribution in [2.24, 2.45) is 18.0 Å². The number of halogens is 1. The van der Waals surface area contributed by atoms with Crippen LogP contribution in [0.15, 0.2) is 17.3 Å². The van der Waals surface area contributed by atoms with Crippen molar-refractivity contribution in [3.63, 3.8) is 0 Å². The lowest BCUT2D eigenvalue weighted by atomic mass is 9.97. The molecule has 1 aliphatic heterocycles. The molecule has 0 bridgehead atoms. The first-order valence-electron chi connectivity index (χ1n) is 8.36. The molecule has 6 nitrogen and oxygen atoms in total. The largest absolute Gasteiger partial charge is 0.356 e. The number of nitrogens with one attached hydrogen (secondary N) is 2. The number of nitrogens with zero attached hydrogens (tertiary/aromatic N) is 4. The molecule has 0 amide bonds. The molecular formula is C16H31IN6. The molecule has 1 saturated heterocycles. The lowest BCUT2D eigenvalue weighted by Crippen LogP contribution is -2.42. The highest BCUT2D eigenvalue weighted by atomic mass is 127. The van der Waals surface area contributed by atoms with Crippen LogP contribution in [-0.2, 0) is 13.6 Å². The molecule has 0 aromatic carbocycles. The number of aromatic nitrogens is 2. The summed E-state index contributed by atoms with van der Waals surface area (Å²) in [5.41, 5.74) is 1.15. The van der Waals surface area contributed by atoms with Crippen LogP contribution in [0, 0.1) is 5.92 Å². The Morgan fingerprint density at radius 1 is 1.35 bits per heavy atom. The summed E-state index contributed by atoms with van der Waals surface area (Å²) in [5.74, 6) is 1.63. The molecule has 1 fully saturated rings. The third-order valence-electron chi connectivity index (χ3n) is 4.39. The number of aryl methyl sites for hydroxylation is 1. The van der Waals surface area contributed by atoms with E-state index in [1.54, 1.807) is 0 Å². The second kappa shape index (κ2) is 10.9. The number of guanidine groups is 1. The highest BCUT2D eigenvalue weighted by molar-refractivity contribution is 14.0. The van der Waals surface area contributed by atoms with Crippen LogP contribution in [0.1, 0.15) is 31.9 Å². The third-order valence-corrected chi connectivity index (χ3v) is 4.39. The predicted molar refractivity (Wildman–Crippen MR) is 106 cm³/mol. The monoisotopic (exact) mass is 434 g/mol. The molecule has 0 radical (unpaired) electrons. The molecule has 1 aromatic heterocycles. The molecule has 2 rings (SSSR count). The Morgan fingerprint density at radius 2 is 2.09 bits per heavy atom. The summed E-state index contributed by atoms with van der Waals surface area (Å²) in [7, 11) is 3.78. The van der Waals surface area contributed by atoms with Crippen molar-refractivity contribution in [3.8, 4) is 0 Å². The Bertz CT molecular complexity index is 465. The fourth-order valence-electron chi connectivity index (χ4n) is 2.94. The van der Waals surface area contributed by atoms with E-state index in [1.807, 2.05) is 31.0 Å². The van der Waals surface area contributed by atoms with Gasteiger partial charge in [-0.3, -0.25) is 9.67 Å². The fourth-order valence-corrected chi connectivity index (χ4v) is 2.94. The average molecular weight is 434 g/mol. The van der Waals surface area contributed by atoms with Crippen LogP contribution in [0.25, 0.3) is 0 Å². The first-order chi connectivity index (χ1) is 10.7. The van der Waals surface area contributed by atoms with Gasteiger partial charge in [0.05, 0.1) is 12.2 Å². The Morgan fingerprint density at radius 3 is 2.65 bits per heavy atom. The number of hydrogen-bond donors (Lipinski definition) is 2. The van der Waals surface area contributed by atoms with E-state index in [1.165, 1.54) is 38.9 Å². The third kappa shape index (κ3) is 6.66. The Kier molecular flexibility index (Phi) is 9.54. The average Bonchev–Trinajstić information content (AvgIpc) is 2.94. The van der Waals surface area contributed by atoms with Gasteiger partial charge in [-0.1, -0.05) is 6.92 Å². The maximum Gasteiger partial charge on any atom is 0.191 e. The lowest BCUT2D eigenvalue weighted by molar-refractivity contribution is 0.185. The second-order valence-electron chi connectivity index (χ2n) is 6.04. The van der Waals surface area contributed by atoms with E-state index in [-0.39, 0.29) is 24.0 Å². The zero-order chi connectivity index (χ0) is 15.8. The van der Waals surface area contributed by atoms with Gasteiger partial charge in [0.15, 0.2) is 5.96 Å². The Labute approximate surface area is 157 Å². The second-order valence-corrected chi connectivity index (χ2v) is 6.04. The minimum Gasteiger partial charge on any atom is -0.356 e. The van der Waals surface area contributed by atoms with Gasteiger partial charge in [-0.25, -0.2) is 0 Å². The van der Waals surface area contributed by atoms with Crippen molar-refractivity contribution in [1.29, 1.82) is 0 Å². The van der Waals surface area contributed by atoms with Crippen LogP contribution in [0.3, 0.4) is 0 Å². The highest BCUT2D eigenvalue weighted by Gasteiger charge is 2.18. The Balaban J connectivity index is 0.00000264. The zero-order valence-electron chi connectivity index (χ0n) is 14.6. The van der Waals surface area contributed by atoms with Crippen molar-refractivity contribution < 1.29 is 0 Å². The number of hydrogen-bond acceptors (Lipinski definition) is 3. The van der Waals surface area contributed by atoms with Crippen LogP contribution in [0.4, 0.5) is 0 Å². The van der Waals surface area contributed by atoms with Gasteiger partial charge >= 0.3 is 0 Å². The quantitative estimate of drug-likeness (QED) is 0.408. The van der Waals surface area contributed by atoms with E-state index < -0.39 is 0 Å². The Hall–Kier alpha value is -0.830. The molecule has 2 heterocycles. The first kappa shape index (κ1) is 20.2. The van der Waals surface area contributed by atoms with E-state index in [0.717, 1.165) is 30.7 Å². The number of rotatable bonds is 6. The molecule has 0 aliphatic carbocycles. The van der Waals surface area contributed by atoms with E-state index in [4.69, 9.17) is 0 Å². The van der Waals surface area contributed by atoms with Gasteiger partial charge in [0.2, 0.25) is 0 Å². The summed E-state index contributed by atoms with van der Waals surface area (Å²) in [4.78, 5) is 6.88. The molecule has 0 unspecified atom stereocenters. The molecule has 7 heteroatoms. The molecule has 132 valence electrons. The molecule has 1 aromatic rings. The summed E-state index contributed by atoms with van der Waals surface area (Å²) in [6, 6.07) is 2.02. The van der Waals surface area contributed by atoms with Crippen LogP contribution in [-0.4, -0.2) is 53.9 Å². The molecule has 1 aliphatic rings. The topological polar surface area (TPSA) is 57.5 Å². The van der Waals surface area contributed by atoms with Gasteiger partial charge < -0.3 is 15.5 Å². The summed E-state index contributed by atoms with van der Waals surface area (Å²) < 4.78 is 1.88. The van der Waals surface area contributed by atoms with Gasteiger partial charge in [0, 0.05) is 26.8 Å². The van der Waals surface area contributed by atoms with Crippen molar-refractivity contribution in [2.75, 3.05) is 33.2 Å².